The number of carbonyl (C=O) groups excluding carboxylic acids is 2. The predicted molar refractivity (Wildman–Crippen MR) is 99.3 cm³/mol. The van der Waals surface area contributed by atoms with Crippen molar-refractivity contribution in [2.75, 3.05) is 25.4 Å². The van der Waals surface area contributed by atoms with E-state index in [1.54, 1.807) is 4.90 Å². The number of sulfone groups is 1. The fourth-order valence-electron chi connectivity index (χ4n) is 3.61. The molecule has 0 bridgehead atoms. The summed E-state index contributed by atoms with van der Waals surface area (Å²) in [6.07, 6.45) is 6.12. The van der Waals surface area contributed by atoms with Gasteiger partial charge in [0.05, 0.1) is 5.25 Å². The molecule has 0 aromatic rings. The average Bonchev–Trinajstić information content (AvgIpc) is 3.08. The monoisotopic (exact) mass is 395 g/mol. The zero-order valence-corrected chi connectivity index (χ0v) is 16.2. The van der Waals surface area contributed by atoms with Crippen LogP contribution < -0.4 is 11.1 Å². The zero-order chi connectivity index (χ0) is 17.6. The quantitative estimate of drug-likeness (QED) is 0.656. The molecule has 2 aliphatic rings. The number of nitrogens with two attached hydrogens (primary N) is 1. The molecule has 2 fully saturated rings. The van der Waals surface area contributed by atoms with E-state index in [9.17, 15) is 18.0 Å². The van der Waals surface area contributed by atoms with Gasteiger partial charge >= 0.3 is 0 Å². The van der Waals surface area contributed by atoms with E-state index in [0.717, 1.165) is 32.1 Å². The Morgan fingerprint density at radius 3 is 2.36 bits per heavy atom. The molecule has 0 spiro atoms. The molecule has 1 heterocycles. The van der Waals surface area contributed by atoms with Gasteiger partial charge in [-0.2, -0.15) is 0 Å². The molecular formula is C16H30ClN3O4S. The molecular weight excluding hydrogens is 366 g/mol. The van der Waals surface area contributed by atoms with Crippen molar-refractivity contribution in [3.05, 3.63) is 0 Å². The van der Waals surface area contributed by atoms with E-state index in [1.165, 1.54) is 0 Å². The number of piperidine rings is 1. The minimum Gasteiger partial charge on any atom is -0.354 e. The van der Waals surface area contributed by atoms with Crippen molar-refractivity contribution < 1.29 is 18.0 Å². The fraction of sp³-hybridized carbons (Fsp3) is 0.875. The Kier molecular flexibility index (Phi) is 9.16. The highest BCUT2D eigenvalue weighted by Gasteiger charge is 2.34. The third-order valence-electron chi connectivity index (χ3n) is 4.99. The second kappa shape index (κ2) is 10.3. The first-order chi connectivity index (χ1) is 11.4. The number of nitrogens with zero attached hydrogens (tertiary/aromatic N) is 1. The molecule has 1 atom stereocenters. The molecule has 3 N–H and O–H groups in total. The van der Waals surface area contributed by atoms with Gasteiger partial charge < -0.3 is 16.0 Å². The zero-order valence-electron chi connectivity index (χ0n) is 14.6. The molecule has 1 aliphatic heterocycles. The summed E-state index contributed by atoms with van der Waals surface area (Å²) in [4.78, 5) is 25.8. The van der Waals surface area contributed by atoms with E-state index in [0.29, 0.717) is 32.5 Å². The Morgan fingerprint density at radius 1 is 1.08 bits per heavy atom. The maximum Gasteiger partial charge on any atom is 0.238 e. The van der Waals surface area contributed by atoms with Gasteiger partial charge in [0.25, 0.3) is 0 Å². The van der Waals surface area contributed by atoms with Gasteiger partial charge in [-0.25, -0.2) is 8.42 Å². The van der Waals surface area contributed by atoms with Gasteiger partial charge in [0.1, 0.15) is 5.75 Å². The lowest BCUT2D eigenvalue weighted by molar-refractivity contribution is -0.132. The van der Waals surface area contributed by atoms with Crippen LogP contribution in [0.4, 0.5) is 0 Å². The summed E-state index contributed by atoms with van der Waals surface area (Å²) in [7, 11) is -3.37. The maximum absolute atomic E-state index is 12.6. The Labute approximate surface area is 156 Å². The number of hydrogen-bond acceptors (Lipinski definition) is 5. The van der Waals surface area contributed by atoms with Crippen LogP contribution in [0.15, 0.2) is 0 Å². The first-order valence-corrected chi connectivity index (χ1v) is 10.6. The summed E-state index contributed by atoms with van der Waals surface area (Å²) >= 11 is 0. The van der Waals surface area contributed by atoms with Crippen molar-refractivity contribution in [2.24, 2.45) is 5.73 Å². The van der Waals surface area contributed by atoms with E-state index in [1.807, 2.05) is 0 Å². The maximum atomic E-state index is 12.6. The van der Waals surface area contributed by atoms with Crippen molar-refractivity contribution >= 4 is 34.1 Å². The topological polar surface area (TPSA) is 110 Å². The summed E-state index contributed by atoms with van der Waals surface area (Å²) in [5.41, 5.74) is 5.35. The molecule has 146 valence electrons. The van der Waals surface area contributed by atoms with E-state index in [2.05, 4.69) is 5.32 Å². The van der Waals surface area contributed by atoms with Crippen LogP contribution in [0.1, 0.15) is 51.4 Å². The van der Waals surface area contributed by atoms with E-state index in [-0.39, 0.29) is 41.9 Å². The molecule has 25 heavy (non-hydrogen) atoms. The number of hydrogen-bond donors (Lipinski definition) is 2. The Bertz CT molecular complexity index is 550. The van der Waals surface area contributed by atoms with Crippen LogP contribution in [0.3, 0.4) is 0 Å². The van der Waals surface area contributed by atoms with Crippen molar-refractivity contribution in [2.45, 2.75) is 62.7 Å². The van der Waals surface area contributed by atoms with Crippen LogP contribution in [-0.4, -0.2) is 61.8 Å². The second-order valence-corrected chi connectivity index (χ2v) is 9.07. The third-order valence-corrected chi connectivity index (χ3v) is 7.12. The highest BCUT2D eigenvalue weighted by molar-refractivity contribution is 7.92. The molecule has 1 unspecified atom stereocenters. The van der Waals surface area contributed by atoms with Crippen LogP contribution in [0.2, 0.25) is 0 Å². The minimum absolute atomic E-state index is 0. The van der Waals surface area contributed by atoms with Crippen LogP contribution in [0, 0.1) is 0 Å². The lowest BCUT2D eigenvalue weighted by atomic mass is 10.0. The van der Waals surface area contributed by atoms with Crippen molar-refractivity contribution in [3.8, 4) is 0 Å². The highest BCUT2D eigenvalue weighted by atomic mass is 35.5. The molecule has 9 heteroatoms. The molecule has 1 saturated carbocycles. The number of amides is 2. The predicted octanol–water partition coefficient (Wildman–Crippen LogP) is 0.612. The molecule has 2 rings (SSSR count). The van der Waals surface area contributed by atoms with Crippen LogP contribution in [0.5, 0.6) is 0 Å². The highest BCUT2D eigenvalue weighted by Crippen LogP contribution is 2.26. The third kappa shape index (κ3) is 6.42. The summed E-state index contributed by atoms with van der Waals surface area (Å²) < 4.78 is 24.8. The summed E-state index contributed by atoms with van der Waals surface area (Å²) in [5, 5.41) is 2.44. The first kappa shape index (κ1) is 22.2. The smallest absolute Gasteiger partial charge is 0.238 e. The van der Waals surface area contributed by atoms with Gasteiger partial charge in [-0.1, -0.05) is 12.8 Å². The summed E-state index contributed by atoms with van der Waals surface area (Å²) in [5.74, 6) is -0.848. The van der Waals surface area contributed by atoms with Gasteiger partial charge in [0.15, 0.2) is 9.84 Å². The van der Waals surface area contributed by atoms with Crippen molar-refractivity contribution in [1.29, 1.82) is 0 Å². The lowest BCUT2D eigenvalue weighted by Crippen LogP contribution is -2.51. The van der Waals surface area contributed by atoms with E-state index in [4.69, 9.17) is 5.73 Å². The normalized spacial score (nSPS) is 21.6. The van der Waals surface area contributed by atoms with Gasteiger partial charge in [0.2, 0.25) is 11.8 Å². The van der Waals surface area contributed by atoms with E-state index < -0.39 is 15.6 Å². The number of carbonyl (C=O) groups is 2. The number of likely N-dealkylation sites (tertiary alicyclic amines) is 1. The molecule has 0 radical (unpaired) electrons. The Balaban J connectivity index is 0.00000312. The SMILES string of the molecule is Cl.NCCC(=O)NCC1CCCCN1C(=O)CS(=O)(=O)C1CCCC1. The minimum atomic E-state index is -3.37. The number of nitrogens with one attached hydrogen (secondary N) is 1. The Hall–Kier alpha value is -0.860. The molecule has 0 aromatic heterocycles. The molecule has 1 aliphatic carbocycles. The fourth-order valence-corrected chi connectivity index (χ4v) is 5.41. The largest absolute Gasteiger partial charge is 0.354 e. The number of rotatable bonds is 7. The van der Waals surface area contributed by atoms with Gasteiger partial charge in [0, 0.05) is 32.1 Å². The molecule has 7 nitrogen and oxygen atoms in total. The van der Waals surface area contributed by atoms with Gasteiger partial charge in [-0.15, -0.1) is 12.4 Å². The summed E-state index contributed by atoms with van der Waals surface area (Å²) in [6.45, 7) is 1.23. The lowest BCUT2D eigenvalue weighted by Gasteiger charge is -2.36. The molecule has 2 amide bonds. The van der Waals surface area contributed by atoms with Crippen molar-refractivity contribution in [3.63, 3.8) is 0 Å². The molecule has 0 aromatic carbocycles. The van der Waals surface area contributed by atoms with Crippen LogP contribution in [-0.2, 0) is 19.4 Å². The van der Waals surface area contributed by atoms with Gasteiger partial charge in [-0.05, 0) is 32.1 Å². The average molecular weight is 396 g/mol. The van der Waals surface area contributed by atoms with Crippen molar-refractivity contribution in [1.82, 2.24) is 10.2 Å². The van der Waals surface area contributed by atoms with E-state index >= 15 is 0 Å². The summed E-state index contributed by atoms with van der Waals surface area (Å²) in [6, 6.07) is -0.119. The number of halogens is 1. The first-order valence-electron chi connectivity index (χ1n) is 8.92. The van der Waals surface area contributed by atoms with Crippen LogP contribution >= 0.6 is 12.4 Å². The van der Waals surface area contributed by atoms with Crippen LogP contribution in [0.25, 0.3) is 0 Å². The Morgan fingerprint density at radius 2 is 1.72 bits per heavy atom. The van der Waals surface area contributed by atoms with Gasteiger partial charge in [-0.3, -0.25) is 9.59 Å². The second-order valence-electron chi connectivity index (χ2n) is 6.79. The molecule has 1 saturated heterocycles. The standard InChI is InChI=1S/C16H29N3O4S.ClH/c17-9-8-15(20)18-11-13-5-3-4-10-19(13)16(21)12-24(22,23)14-6-1-2-7-14;/h13-14H,1-12,17H2,(H,18,20);1H.